The summed E-state index contributed by atoms with van der Waals surface area (Å²) >= 11 is 0. The van der Waals surface area contributed by atoms with E-state index in [1.54, 1.807) is 24.7 Å². The fourth-order valence-corrected chi connectivity index (χ4v) is 2.75. The van der Waals surface area contributed by atoms with Gasteiger partial charge in [0.15, 0.2) is 11.5 Å². The van der Waals surface area contributed by atoms with Gasteiger partial charge in [0, 0.05) is 0 Å². The Bertz CT molecular complexity index is 954. The molecule has 4 heterocycles. The van der Waals surface area contributed by atoms with Gasteiger partial charge in [0.2, 0.25) is 5.71 Å². The number of nitrogens with zero attached hydrogens (tertiary/aromatic N) is 2. The summed E-state index contributed by atoms with van der Waals surface area (Å²) in [5.74, 6) is 2.30. The van der Waals surface area contributed by atoms with E-state index >= 15 is 0 Å². The van der Waals surface area contributed by atoms with E-state index in [0.717, 1.165) is 6.42 Å². The second-order valence-corrected chi connectivity index (χ2v) is 5.60. The van der Waals surface area contributed by atoms with Crippen LogP contribution in [0.1, 0.15) is 13.3 Å². The van der Waals surface area contributed by atoms with Crippen LogP contribution in [0.2, 0.25) is 0 Å². The van der Waals surface area contributed by atoms with Crippen LogP contribution in [0, 0.1) is 0 Å². The van der Waals surface area contributed by atoms with Gasteiger partial charge in [0.05, 0.1) is 36.1 Å². The third-order valence-electron chi connectivity index (χ3n) is 4.05. The SMILES string of the molecule is CCC(CO)Nc1ncnc2oc(-c3ccco3)c(-c3ccco3)c12. The minimum atomic E-state index is -0.121. The molecule has 0 aromatic carbocycles. The van der Waals surface area contributed by atoms with Crippen LogP contribution in [0.5, 0.6) is 0 Å². The van der Waals surface area contributed by atoms with Gasteiger partial charge < -0.3 is 23.7 Å². The Morgan fingerprint density at radius 3 is 2.52 bits per heavy atom. The molecule has 2 N–H and O–H groups in total. The van der Waals surface area contributed by atoms with Crippen molar-refractivity contribution in [2.24, 2.45) is 0 Å². The summed E-state index contributed by atoms with van der Waals surface area (Å²) < 4.78 is 17.1. The molecule has 0 bridgehead atoms. The lowest BCUT2D eigenvalue weighted by atomic mass is 10.1. The van der Waals surface area contributed by atoms with E-state index in [0.29, 0.717) is 39.8 Å². The molecule has 0 saturated heterocycles. The van der Waals surface area contributed by atoms with Crippen LogP contribution in [0.15, 0.2) is 56.4 Å². The molecule has 7 nitrogen and oxygen atoms in total. The zero-order chi connectivity index (χ0) is 17.2. The van der Waals surface area contributed by atoms with Crippen molar-refractivity contribution in [1.29, 1.82) is 0 Å². The fraction of sp³-hybridized carbons (Fsp3) is 0.222. The summed E-state index contributed by atoms with van der Waals surface area (Å²) in [6, 6.07) is 7.13. The van der Waals surface area contributed by atoms with Crippen LogP contribution < -0.4 is 5.32 Å². The summed E-state index contributed by atoms with van der Waals surface area (Å²) in [5.41, 5.74) is 1.13. The van der Waals surface area contributed by atoms with Crippen LogP contribution in [-0.2, 0) is 0 Å². The van der Waals surface area contributed by atoms with Crippen LogP contribution >= 0.6 is 0 Å². The molecule has 0 radical (unpaired) electrons. The molecule has 4 aromatic heterocycles. The first-order valence-electron chi connectivity index (χ1n) is 8.04. The molecule has 0 aliphatic carbocycles. The van der Waals surface area contributed by atoms with Crippen LogP contribution in [-0.4, -0.2) is 27.7 Å². The van der Waals surface area contributed by atoms with E-state index in [1.807, 2.05) is 19.1 Å². The maximum Gasteiger partial charge on any atom is 0.232 e. The average Bonchev–Trinajstić information content (AvgIpc) is 3.38. The van der Waals surface area contributed by atoms with Gasteiger partial charge in [-0.2, -0.15) is 0 Å². The number of fused-ring (bicyclic) bond motifs is 1. The third kappa shape index (κ3) is 2.68. The van der Waals surface area contributed by atoms with E-state index in [2.05, 4.69) is 15.3 Å². The van der Waals surface area contributed by atoms with Crippen molar-refractivity contribution >= 4 is 16.9 Å². The van der Waals surface area contributed by atoms with Crippen molar-refractivity contribution < 1.29 is 18.4 Å². The lowest BCUT2D eigenvalue weighted by Gasteiger charge is -2.15. The van der Waals surface area contributed by atoms with E-state index in [4.69, 9.17) is 13.3 Å². The minimum Gasteiger partial charge on any atom is -0.464 e. The van der Waals surface area contributed by atoms with Crippen molar-refractivity contribution in [3.63, 3.8) is 0 Å². The summed E-state index contributed by atoms with van der Waals surface area (Å²) in [6.45, 7) is 1.99. The van der Waals surface area contributed by atoms with Gasteiger partial charge >= 0.3 is 0 Å². The highest BCUT2D eigenvalue weighted by atomic mass is 16.4. The van der Waals surface area contributed by atoms with Gasteiger partial charge in [-0.25, -0.2) is 9.97 Å². The van der Waals surface area contributed by atoms with Crippen molar-refractivity contribution in [1.82, 2.24) is 9.97 Å². The maximum absolute atomic E-state index is 9.51. The summed E-state index contributed by atoms with van der Waals surface area (Å²) in [4.78, 5) is 8.58. The van der Waals surface area contributed by atoms with E-state index in [1.165, 1.54) is 6.33 Å². The molecule has 0 saturated carbocycles. The Hall–Kier alpha value is -3.06. The summed E-state index contributed by atoms with van der Waals surface area (Å²) in [5, 5.41) is 13.4. The molecule has 1 atom stereocenters. The number of aliphatic hydroxyl groups excluding tert-OH is 1. The van der Waals surface area contributed by atoms with Gasteiger partial charge in [-0.3, -0.25) is 0 Å². The van der Waals surface area contributed by atoms with Crippen LogP contribution in [0.3, 0.4) is 0 Å². The minimum absolute atomic E-state index is 0.000966. The number of hydrogen-bond acceptors (Lipinski definition) is 7. The molecule has 0 spiro atoms. The van der Waals surface area contributed by atoms with E-state index < -0.39 is 0 Å². The highest BCUT2D eigenvalue weighted by Crippen LogP contribution is 2.42. The molecule has 0 amide bonds. The quantitative estimate of drug-likeness (QED) is 0.549. The number of aliphatic hydroxyl groups is 1. The Balaban J connectivity index is 1.97. The first-order chi connectivity index (χ1) is 12.3. The standard InChI is InChI=1S/C18H17N3O4/c1-2-11(9-22)21-17-15-14(12-5-3-7-23-12)16(13-6-4-8-24-13)25-18(15)20-10-19-17/h3-8,10-11,22H,2,9H2,1H3,(H,19,20,21). The predicted molar refractivity (Wildman–Crippen MR) is 92.0 cm³/mol. The van der Waals surface area contributed by atoms with E-state index in [9.17, 15) is 5.11 Å². The highest BCUT2D eigenvalue weighted by Gasteiger charge is 2.25. The number of hydrogen-bond donors (Lipinski definition) is 2. The Morgan fingerprint density at radius 2 is 1.88 bits per heavy atom. The number of nitrogens with one attached hydrogen (secondary N) is 1. The van der Waals surface area contributed by atoms with Gasteiger partial charge in [-0.05, 0) is 30.7 Å². The van der Waals surface area contributed by atoms with Crippen molar-refractivity contribution in [2.75, 3.05) is 11.9 Å². The molecule has 0 aliphatic rings. The molecule has 25 heavy (non-hydrogen) atoms. The lowest BCUT2D eigenvalue weighted by Crippen LogP contribution is -2.23. The normalized spacial score (nSPS) is 12.6. The fourth-order valence-electron chi connectivity index (χ4n) is 2.75. The smallest absolute Gasteiger partial charge is 0.232 e. The topological polar surface area (TPSA) is 97.5 Å². The molecular formula is C18H17N3O4. The Morgan fingerprint density at radius 1 is 1.12 bits per heavy atom. The molecule has 1 unspecified atom stereocenters. The van der Waals surface area contributed by atoms with Crippen molar-refractivity contribution in [3.05, 3.63) is 43.1 Å². The van der Waals surface area contributed by atoms with Crippen LogP contribution in [0.25, 0.3) is 33.9 Å². The number of rotatable bonds is 6. The second kappa shape index (κ2) is 6.45. The highest BCUT2D eigenvalue weighted by molar-refractivity contribution is 6.04. The average molecular weight is 339 g/mol. The molecular weight excluding hydrogens is 322 g/mol. The molecule has 4 aromatic rings. The van der Waals surface area contributed by atoms with E-state index in [-0.39, 0.29) is 12.6 Å². The third-order valence-corrected chi connectivity index (χ3v) is 4.05. The lowest BCUT2D eigenvalue weighted by molar-refractivity contribution is 0.271. The largest absolute Gasteiger partial charge is 0.464 e. The Labute approximate surface area is 143 Å². The molecule has 4 rings (SSSR count). The van der Waals surface area contributed by atoms with Gasteiger partial charge in [-0.1, -0.05) is 6.92 Å². The van der Waals surface area contributed by atoms with Crippen LogP contribution in [0.4, 0.5) is 5.82 Å². The summed E-state index contributed by atoms with van der Waals surface area (Å²) in [7, 11) is 0. The first-order valence-corrected chi connectivity index (χ1v) is 8.04. The predicted octanol–water partition coefficient (Wildman–Crippen LogP) is 3.93. The Kier molecular flexibility index (Phi) is 3.99. The van der Waals surface area contributed by atoms with Crippen molar-refractivity contribution in [2.45, 2.75) is 19.4 Å². The summed E-state index contributed by atoms with van der Waals surface area (Å²) in [6.07, 6.45) is 5.36. The number of furan rings is 3. The zero-order valence-electron chi connectivity index (χ0n) is 13.6. The maximum atomic E-state index is 9.51. The zero-order valence-corrected chi connectivity index (χ0v) is 13.6. The molecule has 0 aliphatic heterocycles. The molecule has 0 fully saturated rings. The second-order valence-electron chi connectivity index (χ2n) is 5.60. The van der Waals surface area contributed by atoms with Gasteiger partial charge in [0.1, 0.15) is 17.9 Å². The molecule has 128 valence electrons. The number of aromatic nitrogens is 2. The van der Waals surface area contributed by atoms with Gasteiger partial charge in [0.25, 0.3) is 0 Å². The number of anilines is 1. The van der Waals surface area contributed by atoms with Crippen molar-refractivity contribution in [3.8, 4) is 22.8 Å². The molecule has 7 heteroatoms. The first kappa shape index (κ1) is 15.5. The monoisotopic (exact) mass is 339 g/mol. The van der Waals surface area contributed by atoms with Gasteiger partial charge in [-0.15, -0.1) is 0 Å².